The molecule has 3 rings (SSSR count). The lowest BCUT2D eigenvalue weighted by atomic mass is 10.1. The molecule has 0 aliphatic rings. The molecule has 0 atom stereocenters. The van der Waals surface area contributed by atoms with Gasteiger partial charge in [-0.15, -0.1) is 11.3 Å². The van der Waals surface area contributed by atoms with Gasteiger partial charge in [-0.25, -0.2) is 9.97 Å². The number of hydrogen-bond acceptors (Lipinski definition) is 7. The maximum absolute atomic E-state index is 8.65. The highest BCUT2D eigenvalue weighted by atomic mass is 32.1. The van der Waals surface area contributed by atoms with Crippen molar-refractivity contribution in [3.8, 4) is 10.4 Å². The number of aliphatic hydroxyl groups excluding tert-OH is 1. The van der Waals surface area contributed by atoms with Crippen molar-refractivity contribution >= 4 is 44.7 Å². The molecule has 2 aromatic heterocycles. The molecule has 0 unspecified atom stereocenters. The van der Waals surface area contributed by atoms with E-state index in [0.29, 0.717) is 30.7 Å². The molecule has 0 aliphatic heterocycles. The Morgan fingerprint density at radius 1 is 1.26 bits per heavy atom. The van der Waals surface area contributed by atoms with E-state index in [1.54, 1.807) is 11.3 Å². The zero-order valence-electron chi connectivity index (χ0n) is 14.9. The number of aliphatic hydroxyl groups is 1. The quantitative estimate of drug-likeness (QED) is 0.259. The normalized spacial score (nSPS) is 10.7. The largest absolute Gasteiger partial charge is 0.394 e. The highest BCUT2D eigenvalue weighted by Crippen LogP contribution is 2.35. The monoisotopic (exact) mass is 403 g/mol. The van der Waals surface area contributed by atoms with Crippen LogP contribution in [0.2, 0.25) is 0 Å². The lowest BCUT2D eigenvalue weighted by Gasteiger charge is -2.12. The molecule has 0 radical (unpaired) electrons. The van der Waals surface area contributed by atoms with Crippen molar-refractivity contribution in [2.45, 2.75) is 6.92 Å². The summed E-state index contributed by atoms with van der Waals surface area (Å²) in [5, 5.41) is 12.1. The second-order valence-corrected chi connectivity index (χ2v) is 7.22. The minimum absolute atomic E-state index is 0.0132. The summed E-state index contributed by atoms with van der Waals surface area (Å²) in [4.78, 5) is 9.81. The van der Waals surface area contributed by atoms with E-state index in [2.05, 4.69) is 63.4 Å². The summed E-state index contributed by atoms with van der Waals surface area (Å²) in [7, 11) is 0. The van der Waals surface area contributed by atoms with Crippen molar-refractivity contribution in [3.63, 3.8) is 0 Å². The highest BCUT2D eigenvalue weighted by molar-refractivity contribution is 7.80. The Morgan fingerprint density at radius 3 is 2.96 bits per heavy atom. The first kappa shape index (κ1) is 19.4. The molecule has 0 amide bonds. The van der Waals surface area contributed by atoms with Crippen LogP contribution >= 0.6 is 23.6 Å². The Morgan fingerprint density at radius 2 is 2.15 bits per heavy atom. The van der Waals surface area contributed by atoms with E-state index in [9.17, 15) is 0 Å². The molecule has 3 aromatic rings. The van der Waals surface area contributed by atoms with Crippen molar-refractivity contribution in [1.82, 2.24) is 20.7 Å². The van der Waals surface area contributed by atoms with Crippen molar-refractivity contribution in [3.05, 3.63) is 42.2 Å². The zero-order chi connectivity index (χ0) is 19.1. The third-order valence-corrected chi connectivity index (χ3v) is 5.10. The van der Waals surface area contributed by atoms with Gasteiger partial charge in [-0.2, -0.15) is 0 Å². The number of hydrogen-bond donors (Lipinski definition) is 4. The van der Waals surface area contributed by atoms with E-state index in [0.717, 1.165) is 20.7 Å². The third kappa shape index (κ3) is 5.33. The van der Waals surface area contributed by atoms with E-state index in [4.69, 9.17) is 22.1 Å². The fraction of sp³-hybridized carbons (Fsp3) is 0.278. The second kappa shape index (κ2) is 9.56. The topological polar surface area (TPSA) is 91.3 Å². The first-order valence-corrected chi connectivity index (χ1v) is 9.70. The van der Waals surface area contributed by atoms with Gasteiger partial charge in [0.15, 0.2) is 10.9 Å². The molecule has 0 spiro atoms. The van der Waals surface area contributed by atoms with Gasteiger partial charge < -0.3 is 15.2 Å². The number of benzene rings is 1. The van der Waals surface area contributed by atoms with Crippen LogP contribution in [0.1, 0.15) is 5.56 Å². The number of nitrogens with zero attached hydrogens (tertiary/aromatic N) is 2. The highest BCUT2D eigenvalue weighted by Gasteiger charge is 2.10. The van der Waals surface area contributed by atoms with E-state index in [1.165, 1.54) is 11.9 Å². The zero-order valence-corrected chi connectivity index (χ0v) is 16.5. The number of fused-ring (bicyclic) bond motifs is 1. The Kier molecular flexibility index (Phi) is 6.88. The van der Waals surface area contributed by atoms with Gasteiger partial charge in [0.05, 0.1) is 30.0 Å². The number of rotatable bonds is 8. The van der Waals surface area contributed by atoms with E-state index >= 15 is 0 Å². The number of ether oxygens (including phenoxy) is 1. The Hall–Kier alpha value is -2.33. The number of nitrogens with one attached hydrogen (secondary N) is 3. The molecule has 142 valence electrons. The van der Waals surface area contributed by atoms with E-state index in [-0.39, 0.29) is 6.61 Å². The van der Waals surface area contributed by atoms with Crippen molar-refractivity contribution < 1.29 is 9.84 Å². The fourth-order valence-electron chi connectivity index (χ4n) is 2.45. The van der Waals surface area contributed by atoms with Crippen LogP contribution in [-0.2, 0) is 4.74 Å². The first-order chi connectivity index (χ1) is 13.2. The van der Waals surface area contributed by atoms with Crippen LogP contribution in [0.15, 0.2) is 36.7 Å². The minimum Gasteiger partial charge on any atom is -0.394 e. The van der Waals surface area contributed by atoms with Gasteiger partial charge in [-0.1, -0.05) is 29.8 Å². The molecule has 27 heavy (non-hydrogen) atoms. The summed E-state index contributed by atoms with van der Waals surface area (Å²) in [5.74, 6) is 0.671. The average Bonchev–Trinajstić information content (AvgIpc) is 3.11. The molecular weight excluding hydrogens is 382 g/mol. The van der Waals surface area contributed by atoms with E-state index in [1.807, 2.05) is 0 Å². The number of anilines is 1. The molecule has 0 saturated carbocycles. The van der Waals surface area contributed by atoms with Crippen LogP contribution in [0, 0.1) is 6.92 Å². The van der Waals surface area contributed by atoms with Crippen LogP contribution in [0.4, 0.5) is 5.82 Å². The number of thiophene rings is 1. The summed E-state index contributed by atoms with van der Waals surface area (Å²) in [5.41, 5.74) is 9.23. The Balaban J connectivity index is 1.64. The standard InChI is InChI=1S/C18H21N5O2S2/c1-12-3-2-4-13(9-12)15-10-14-16(27-15)17(21-11-20-14)22-23-18(26)19-5-7-25-8-6-24/h2-4,9-11,24H,5-8H2,1H3,(H2,19,23,26)(H,20,21,22). The summed E-state index contributed by atoms with van der Waals surface area (Å²) in [6, 6.07) is 10.4. The van der Waals surface area contributed by atoms with Gasteiger partial charge in [0.25, 0.3) is 0 Å². The summed E-state index contributed by atoms with van der Waals surface area (Å²) in [6.45, 7) is 3.42. The average molecular weight is 404 g/mol. The van der Waals surface area contributed by atoms with Crippen LogP contribution < -0.4 is 16.2 Å². The van der Waals surface area contributed by atoms with Gasteiger partial charge >= 0.3 is 0 Å². The third-order valence-electron chi connectivity index (χ3n) is 3.68. The SMILES string of the molecule is Cc1cccc(-c2cc3ncnc(NNC(=S)NCCOCCO)c3s2)c1. The molecule has 2 heterocycles. The van der Waals surface area contributed by atoms with Crippen molar-refractivity contribution in [1.29, 1.82) is 0 Å². The molecule has 1 aromatic carbocycles. The van der Waals surface area contributed by atoms with Crippen molar-refractivity contribution in [2.24, 2.45) is 0 Å². The molecule has 4 N–H and O–H groups in total. The number of hydrazine groups is 1. The maximum Gasteiger partial charge on any atom is 0.185 e. The van der Waals surface area contributed by atoms with Crippen LogP contribution in [0.5, 0.6) is 0 Å². The van der Waals surface area contributed by atoms with Gasteiger partial charge in [0, 0.05) is 11.4 Å². The van der Waals surface area contributed by atoms with Gasteiger partial charge in [-0.05, 0) is 30.8 Å². The van der Waals surface area contributed by atoms with Gasteiger partial charge in [0.2, 0.25) is 0 Å². The molecule has 0 bridgehead atoms. The van der Waals surface area contributed by atoms with Crippen molar-refractivity contribution in [2.75, 3.05) is 31.8 Å². The summed E-state index contributed by atoms with van der Waals surface area (Å²) >= 11 is 6.85. The molecule has 0 fully saturated rings. The number of thiocarbonyl (C=S) groups is 1. The number of aryl methyl sites for hydroxylation is 1. The molecule has 0 aliphatic carbocycles. The van der Waals surface area contributed by atoms with Crippen LogP contribution in [0.25, 0.3) is 20.7 Å². The smallest absolute Gasteiger partial charge is 0.185 e. The number of aromatic nitrogens is 2. The second-order valence-electron chi connectivity index (χ2n) is 5.76. The summed E-state index contributed by atoms with van der Waals surface area (Å²) in [6.07, 6.45) is 1.53. The van der Waals surface area contributed by atoms with Gasteiger partial charge in [-0.3, -0.25) is 10.9 Å². The van der Waals surface area contributed by atoms with Crippen LogP contribution in [-0.4, -0.2) is 46.6 Å². The Bertz CT molecular complexity index is 916. The Labute approximate surface area is 166 Å². The predicted molar refractivity (Wildman–Crippen MR) is 113 cm³/mol. The molecule has 9 heteroatoms. The van der Waals surface area contributed by atoms with Crippen LogP contribution in [0.3, 0.4) is 0 Å². The maximum atomic E-state index is 8.65. The first-order valence-electron chi connectivity index (χ1n) is 8.47. The van der Waals surface area contributed by atoms with E-state index < -0.39 is 0 Å². The lowest BCUT2D eigenvalue weighted by Crippen LogP contribution is -2.40. The predicted octanol–water partition coefficient (Wildman–Crippen LogP) is 2.47. The molecular formula is C18H21N5O2S2. The van der Waals surface area contributed by atoms with Gasteiger partial charge in [0.1, 0.15) is 6.33 Å². The fourth-order valence-corrected chi connectivity index (χ4v) is 3.65. The minimum atomic E-state index is 0.0132. The molecule has 7 nitrogen and oxygen atoms in total. The molecule has 0 saturated heterocycles. The lowest BCUT2D eigenvalue weighted by molar-refractivity contribution is 0.0958. The summed E-state index contributed by atoms with van der Waals surface area (Å²) < 4.78 is 6.12.